The maximum atomic E-state index is 13.7. The van der Waals surface area contributed by atoms with Crippen LogP contribution in [0.1, 0.15) is 11.1 Å². The molecule has 0 radical (unpaired) electrons. The molecule has 0 fully saturated rings. The van der Waals surface area contributed by atoms with Gasteiger partial charge in [0.25, 0.3) is 0 Å². The molecule has 0 bridgehead atoms. The van der Waals surface area contributed by atoms with Gasteiger partial charge in [-0.25, -0.2) is 8.78 Å². The number of aryl methyl sites for hydroxylation is 2. The van der Waals surface area contributed by atoms with E-state index in [2.05, 4.69) is 0 Å². The fourth-order valence-corrected chi connectivity index (χ4v) is 1.68. The van der Waals surface area contributed by atoms with Gasteiger partial charge in [-0.15, -0.1) is 0 Å². The van der Waals surface area contributed by atoms with Gasteiger partial charge in [0.2, 0.25) is 0 Å². The Hall–Kier alpha value is -1.70. The monoisotopic (exact) mass is 218 g/mol. The maximum Gasteiger partial charge on any atom is 0.131 e. The van der Waals surface area contributed by atoms with Gasteiger partial charge >= 0.3 is 0 Å². The highest BCUT2D eigenvalue weighted by molar-refractivity contribution is 5.65. The molecule has 0 heterocycles. The Labute approximate surface area is 93.5 Å². The molecule has 2 rings (SSSR count). The molecule has 0 saturated heterocycles. The molecule has 0 aliphatic rings. The lowest BCUT2D eigenvalue weighted by Crippen LogP contribution is -1.90. The molecule has 0 unspecified atom stereocenters. The van der Waals surface area contributed by atoms with Crippen molar-refractivity contribution in [1.29, 1.82) is 0 Å². The van der Waals surface area contributed by atoms with Gasteiger partial charge in [-0.2, -0.15) is 0 Å². The molecule has 16 heavy (non-hydrogen) atoms. The van der Waals surface area contributed by atoms with Crippen LogP contribution in [0, 0.1) is 25.5 Å². The van der Waals surface area contributed by atoms with Crippen LogP contribution in [-0.2, 0) is 0 Å². The zero-order valence-electron chi connectivity index (χ0n) is 9.22. The van der Waals surface area contributed by atoms with Gasteiger partial charge in [-0.05, 0) is 37.1 Å². The molecule has 2 heteroatoms. The number of benzene rings is 2. The second kappa shape index (κ2) is 4.05. The van der Waals surface area contributed by atoms with Crippen molar-refractivity contribution in [3.63, 3.8) is 0 Å². The topological polar surface area (TPSA) is 0 Å². The molecule has 0 nitrogen and oxygen atoms in total. The number of halogens is 2. The van der Waals surface area contributed by atoms with Gasteiger partial charge in [0.1, 0.15) is 11.6 Å². The molecule has 0 aliphatic heterocycles. The molecule has 0 N–H and O–H groups in total. The molecule has 0 aromatic heterocycles. The van der Waals surface area contributed by atoms with E-state index in [0.29, 0.717) is 11.1 Å². The molecule has 0 spiro atoms. The lowest BCUT2D eigenvalue weighted by molar-refractivity contribution is 0.615. The molecule has 0 atom stereocenters. The average molecular weight is 218 g/mol. The summed E-state index contributed by atoms with van der Waals surface area (Å²) in [6.07, 6.45) is 0. The summed E-state index contributed by atoms with van der Waals surface area (Å²) < 4.78 is 27.3. The summed E-state index contributed by atoms with van der Waals surface area (Å²) >= 11 is 0. The largest absolute Gasteiger partial charge is 0.206 e. The summed E-state index contributed by atoms with van der Waals surface area (Å²) in [5.41, 5.74) is 2.27. The van der Waals surface area contributed by atoms with E-state index < -0.39 is 0 Å². The van der Waals surface area contributed by atoms with Crippen molar-refractivity contribution in [3.8, 4) is 11.1 Å². The smallest absolute Gasteiger partial charge is 0.131 e. The van der Waals surface area contributed by atoms with E-state index in [0.717, 1.165) is 11.1 Å². The summed E-state index contributed by atoms with van der Waals surface area (Å²) in [5.74, 6) is -0.773. The van der Waals surface area contributed by atoms with Gasteiger partial charge in [0, 0.05) is 11.1 Å². The van der Waals surface area contributed by atoms with Gasteiger partial charge in [-0.1, -0.05) is 24.3 Å². The normalized spacial score (nSPS) is 10.5. The van der Waals surface area contributed by atoms with Crippen LogP contribution in [0.3, 0.4) is 0 Å². The van der Waals surface area contributed by atoms with Crippen LogP contribution in [0.25, 0.3) is 11.1 Å². The summed E-state index contributed by atoms with van der Waals surface area (Å²) in [7, 11) is 0. The third-order valence-electron chi connectivity index (χ3n) is 2.54. The predicted molar refractivity (Wildman–Crippen MR) is 61.3 cm³/mol. The van der Waals surface area contributed by atoms with Crippen molar-refractivity contribution in [3.05, 3.63) is 59.2 Å². The lowest BCUT2D eigenvalue weighted by atomic mass is 10.0. The Morgan fingerprint density at radius 3 is 1.38 bits per heavy atom. The molecular formula is C14H12F2. The Morgan fingerprint density at radius 1 is 0.688 bits per heavy atom. The van der Waals surface area contributed by atoms with E-state index >= 15 is 0 Å². The molecule has 0 amide bonds. The zero-order valence-corrected chi connectivity index (χ0v) is 9.22. The van der Waals surface area contributed by atoms with Crippen molar-refractivity contribution >= 4 is 0 Å². The van der Waals surface area contributed by atoms with Crippen LogP contribution < -0.4 is 0 Å². The van der Waals surface area contributed by atoms with Crippen LogP contribution in [0.15, 0.2) is 36.4 Å². The molecule has 0 saturated carbocycles. The maximum absolute atomic E-state index is 13.7. The summed E-state index contributed by atoms with van der Waals surface area (Å²) in [6, 6.07) is 9.59. The van der Waals surface area contributed by atoms with E-state index in [9.17, 15) is 8.78 Å². The first-order valence-electron chi connectivity index (χ1n) is 5.10. The molecule has 2 aromatic rings. The van der Waals surface area contributed by atoms with Gasteiger partial charge < -0.3 is 0 Å². The van der Waals surface area contributed by atoms with Crippen molar-refractivity contribution in [2.24, 2.45) is 0 Å². The van der Waals surface area contributed by atoms with E-state index in [-0.39, 0.29) is 11.6 Å². The molecular weight excluding hydrogens is 206 g/mol. The van der Waals surface area contributed by atoms with Crippen molar-refractivity contribution in [2.75, 3.05) is 0 Å². The van der Waals surface area contributed by atoms with Crippen LogP contribution in [0.5, 0.6) is 0 Å². The number of hydrogen-bond acceptors (Lipinski definition) is 0. The minimum atomic E-state index is -0.386. The van der Waals surface area contributed by atoms with Gasteiger partial charge in [-0.3, -0.25) is 0 Å². The quantitative estimate of drug-likeness (QED) is 0.671. The SMILES string of the molecule is Cc1ccc(-c2ccc(C)cc2F)c(F)c1. The fraction of sp³-hybridized carbons (Fsp3) is 0.143. The summed E-state index contributed by atoms with van der Waals surface area (Å²) in [5, 5.41) is 0. The number of rotatable bonds is 1. The highest BCUT2D eigenvalue weighted by atomic mass is 19.1. The molecule has 82 valence electrons. The Balaban J connectivity index is 2.59. The van der Waals surface area contributed by atoms with E-state index in [1.54, 1.807) is 38.1 Å². The first-order chi connectivity index (χ1) is 7.58. The van der Waals surface area contributed by atoms with Crippen LogP contribution in [0.4, 0.5) is 8.78 Å². The van der Waals surface area contributed by atoms with E-state index in [4.69, 9.17) is 0 Å². The first-order valence-corrected chi connectivity index (χ1v) is 5.10. The average Bonchev–Trinajstić information content (AvgIpc) is 2.19. The van der Waals surface area contributed by atoms with Gasteiger partial charge in [0.15, 0.2) is 0 Å². The Bertz CT molecular complexity index is 481. The zero-order chi connectivity index (χ0) is 11.7. The minimum Gasteiger partial charge on any atom is -0.206 e. The number of hydrogen-bond donors (Lipinski definition) is 0. The van der Waals surface area contributed by atoms with Crippen molar-refractivity contribution in [1.82, 2.24) is 0 Å². The van der Waals surface area contributed by atoms with Crippen molar-refractivity contribution in [2.45, 2.75) is 13.8 Å². The van der Waals surface area contributed by atoms with Crippen LogP contribution in [0.2, 0.25) is 0 Å². The second-order valence-electron chi connectivity index (χ2n) is 3.97. The van der Waals surface area contributed by atoms with E-state index in [1.807, 2.05) is 0 Å². The summed E-state index contributed by atoms with van der Waals surface area (Å²) in [6.45, 7) is 3.61. The highest BCUT2D eigenvalue weighted by Gasteiger charge is 2.09. The summed E-state index contributed by atoms with van der Waals surface area (Å²) in [4.78, 5) is 0. The second-order valence-corrected chi connectivity index (χ2v) is 3.97. The first kappa shape index (κ1) is 10.8. The van der Waals surface area contributed by atoms with Crippen LogP contribution in [-0.4, -0.2) is 0 Å². The Morgan fingerprint density at radius 2 is 1.06 bits per heavy atom. The van der Waals surface area contributed by atoms with Crippen molar-refractivity contribution < 1.29 is 8.78 Å². The van der Waals surface area contributed by atoms with Gasteiger partial charge in [0.05, 0.1) is 0 Å². The lowest BCUT2D eigenvalue weighted by Gasteiger charge is -2.06. The van der Waals surface area contributed by atoms with Crippen LogP contribution >= 0.6 is 0 Å². The molecule has 2 aromatic carbocycles. The standard InChI is InChI=1S/C14H12F2/c1-9-3-5-11(13(15)7-9)12-6-4-10(2)8-14(12)16/h3-8H,1-2H3. The van der Waals surface area contributed by atoms with E-state index in [1.165, 1.54) is 12.1 Å². The fourth-order valence-electron chi connectivity index (χ4n) is 1.68. The Kier molecular flexibility index (Phi) is 2.73. The molecule has 0 aliphatic carbocycles. The third-order valence-corrected chi connectivity index (χ3v) is 2.54. The predicted octanol–water partition coefficient (Wildman–Crippen LogP) is 4.25. The highest BCUT2D eigenvalue weighted by Crippen LogP contribution is 2.26. The minimum absolute atomic E-state index is 0.308. The third kappa shape index (κ3) is 1.96.